The number of nitrogens with one attached hydrogen (secondary N) is 1. The summed E-state index contributed by atoms with van der Waals surface area (Å²) in [5.41, 5.74) is 9.61. The fraction of sp³-hybridized carbons (Fsp3) is 0.0400. The van der Waals surface area contributed by atoms with Gasteiger partial charge in [-0.2, -0.15) is 5.26 Å². The van der Waals surface area contributed by atoms with Crippen molar-refractivity contribution in [1.29, 1.82) is 5.26 Å². The van der Waals surface area contributed by atoms with Gasteiger partial charge in [0, 0.05) is 16.8 Å². The number of aryl methyl sites for hydroxylation is 1. The predicted octanol–water partition coefficient (Wildman–Crippen LogP) is 5.12. The van der Waals surface area contributed by atoms with Crippen molar-refractivity contribution >= 4 is 21.5 Å². The van der Waals surface area contributed by atoms with Crippen molar-refractivity contribution in [3.63, 3.8) is 0 Å². The van der Waals surface area contributed by atoms with E-state index in [9.17, 15) is 18.1 Å². The van der Waals surface area contributed by atoms with Crippen LogP contribution in [0.2, 0.25) is 0 Å². The van der Waals surface area contributed by atoms with Gasteiger partial charge in [-0.1, -0.05) is 42.0 Å². The second-order valence-electron chi connectivity index (χ2n) is 7.43. The molecule has 0 atom stereocenters. The van der Waals surface area contributed by atoms with Gasteiger partial charge >= 0.3 is 0 Å². The average Bonchev–Trinajstić information content (AvgIpc) is 2.79. The number of benzene rings is 3. The lowest BCUT2D eigenvalue weighted by Gasteiger charge is -2.12. The monoisotopic (exact) mass is 458 g/mol. The van der Waals surface area contributed by atoms with Gasteiger partial charge in [-0.3, -0.25) is 4.72 Å². The molecule has 3 aromatic carbocycles. The average molecular weight is 459 g/mol. The van der Waals surface area contributed by atoms with E-state index in [2.05, 4.69) is 9.71 Å². The van der Waals surface area contributed by atoms with E-state index in [0.29, 0.717) is 28.1 Å². The van der Waals surface area contributed by atoms with Crippen LogP contribution in [-0.4, -0.2) is 13.4 Å². The Kier molecular flexibility index (Phi) is 5.82. The Balaban J connectivity index is 1.67. The van der Waals surface area contributed by atoms with Crippen molar-refractivity contribution in [2.45, 2.75) is 11.8 Å². The quantitative estimate of drug-likeness (QED) is 0.432. The van der Waals surface area contributed by atoms with Crippen LogP contribution in [0.3, 0.4) is 0 Å². The van der Waals surface area contributed by atoms with Gasteiger partial charge in [0.1, 0.15) is 23.3 Å². The molecule has 8 heteroatoms. The Morgan fingerprint density at radius 3 is 2.30 bits per heavy atom. The third-order valence-corrected chi connectivity index (χ3v) is 6.46. The fourth-order valence-corrected chi connectivity index (χ4v) is 4.41. The smallest absolute Gasteiger partial charge is 0.261 e. The van der Waals surface area contributed by atoms with E-state index < -0.39 is 15.8 Å². The minimum Gasteiger partial charge on any atom is -0.383 e. The highest BCUT2D eigenvalue weighted by atomic mass is 32.2. The highest BCUT2D eigenvalue weighted by molar-refractivity contribution is 7.92. The molecule has 0 spiro atoms. The molecule has 0 aliphatic heterocycles. The SMILES string of the molecule is Cc1ccc(S(=O)(=O)Nc2ccc(-c3cc(-c4cccc(F)c4)c(C#N)c(N)n3)cc2)cc1. The van der Waals surface area contributed by atoms with Crippen molar-refractivity contribution < 1.29 is 12.8 Å². The summed E-state index contributed by atoms with van der Waals surface area (Å²) in [5.74, 6) is -0.406. The van der Waals surface area contributed by atoms with Gasteiger partial charge in [-0.05, 0) is 55.0 Å². The Morgan fingerprint density at radius 1 is 0.970 bits per heavy atom. The molecule has 0 bridgehead atoms. The standard InChI is InChI=1S/C25H19FN4O2S/c1-16-5-11-21(12-6-16)33(31,32)30-20-9-7-17(8-10-20)24-14-22(23(15-27)25(28)29-24)18-3-2-4-19(26)13-18/h2-14,30H,1H3,(H2,28,29). The molecule has 0 fully saturated rings. The molecule has 0 aliphatic carbocycles. The topological polar surface area (TPSA) is 109 Å². The van der Waals surface area contributed by atoms with Crippen molar-refractivity contribution in [2.75, 3.05) is 10.5 Å². The van der Waals surface area contributed by atoms with Gasteiger partial charge in [-0.15, -0.1) is 0 Å². The molecular formula is C25H19FN4O2S. The number of rotatable bonds is 5. The molecule has 33 heavy (non-hydrogen) atoms. The van der Waals surface area contributed by atoms with E-state index in [0.717, 1.165) is 5.56 Å². The number of anilines is 2. The van der Waals surface area contributed by atoms with E-state index in [1.54, 1.807) is 66.7 Å². The van der Waals surface area contributed by atoms with Crippen molar-refractivity contribution in [3.8, 4) is 28.5 Å². The summed E-state index contributed by atoms with van der Waals surface area (Å²) >= 11 is 0. The molecule has 4 rings (SSSR count). The summed E-state index contributed by atoms with van der Waals surface area (Å²) < 4.78 is 41.5. The first-order valence-electron chi connectivity index (χ1n) is 9.93. The second kappa shape index (κ2) is 8.73. The lowest BCUT2D eigenvalue weighted by atomic mass is 9.98. The minimum atomic E-state index is -3.73. The van der Waals surface area contributed by atoms with E-state index in [1.165, 1.54) is 12.1 Å². The lowest BCUT2D eigenvalue weighted by Crippen LogP contribution is -2.12. The van der Waals surface area contributed by atoms with E-state index in [4.69, 9.17) is 5.73 Å². The number of pyridine rings is 1. The molecule has 0 unspecified atom stereocenters. The summed E-state index contributed by atoms with van der Waals surface area (Å²) in [6.45, 7) is 1.88. The van der Waals surface area contributed by atoms with Gasteiger partial charge in [0.25, 0.3) is 10.0 Å². The molecule has 0 radical (unpaired) electrons. The Morgan fingerprint density at radius 2 is 1.67 bits per heavy atom. The zero-order chi connectivity index (χ0) is 23.6. The molecule has 3 N–H and O–H groups in total. The molecule has 164 valence electrons. The van der Waals surface area contributed by atoms with Crippen LogP contribution < -0.4 is 10.5 Å². The molecule has 0 saturated carbocycles. The number of nitrogen functional groups attached to an aromatic ring is 1. The molecule has 0 amide bonds. The number of halogens is 1. The first kappa shape index (κ1) is 22.0. The summed E-state index contributed by atoms with van der Waals surface area (Å²) in [6.07, 6.45) is 0. The Bertz CT molecular complexity index is 1480. The minimum absolute atomic E-state index is 0.0263. The first-order valence-corrected chi connectivity index (χ1v) is 11.4. The van der Waals surface area contributed by atoms with Crippen LogP contribution >= 0.6 is 0 Å². The number of sulfonamides is 1. The number of aromatic nitrogens is 1. The maximum absolute atomic E-state index is 13.7. The summed E-state index contributed by atoms with van der Waals surface area (Å²) in [6, 6.07) is 22.7. The molecular weight excluding hydrogens is 439 g/mol. The highest BCUT2D eigenvalue weighted by Crippen LogP contribution is 2.32. The number of nitrogens with two attached hydrogens (primary N) is 1. The molecule has 1 aromatic heterocycles. The molecule has 4 aromatic rings. The van der Waals surface area contributed by atoms with Gasteiger partial charge in [0.15, 0.2) is 0 Å². The molecule has 0 saturated heterocycles. The fourth-order valence-electron chi connectivity index (χ4n) is 3.35. The van der Waals surface area contributed by atoms with Crippen LogP contribution in [0.15, 0.2) is 83.8 Å². The first-order chi connectivity index (χ1) is 15.8. The van der Waals surface area contributed by atoms with E-state index >= 15 is 0 Å². The number of hydrogen-bond donors (Lipinski definition) is 2. The molecule has 0 aliphatic rings. The van der Waals surface area contributed by atoms with Crippen molar-refractivity contribution in [2.24, 2.45) is 0 Å². The highest BCUT2D eigenvalue weighted by Gasteiger charge is 2.16. The predicted molar refractivity (Wildman–Crippen MR) is 126 cm³/mol. The van der Waals surface area contributed by atoms with Crippen LogP contribution in [0.5, 0.6) is 0 Å². The third-order valence-electron chi connectivity index (χ3n) is 5.06. The van der Waals surface area contributed by atoms with E-state index in [-0.39, 0.29) is 16.3 Å². The Hall–Kier alpha value is -4.22. The van der Waals surface area contributed by atoms with Crippen molar-refractivity contribution in [3.05, 3.63) is 95.8 Å². The largest absolute Gasteiger partial charge is 0.383 e. The van der Waals surface area contributed by atoms with Crippen LogP contribution in [0.25, 0.3) is 22.4 Å². The van der Waals surface area contributed by atoms with Crippen LogP contribution in [0, 0.1) is 24.1 Å². The third kappa shape index (κ3) is 4.68. The maximum atomic E-state index is 13.7. The zero-order valence-electron chi connectivity index (χ0n) is 17.6. The summed E-state index contributed by atoms with van der Waals surface area (Å²) in [4.78, 5) is 4.47. The van der Waals surface area contributed by atoms with Gasteiger partial charge in [0.05, 0.1) is 10.6 Å². The number of nitrogens with zero attached hydrogens (tertiary/aromatic N) is 2. The van der Waals surface area contributed by atoms with Crippen molar-refractivity contribution in [1.82, 2.24) is 4.98 Å². The zero-order valence-corrected chi connectivity index (χ0v) is 18.4. The Labute approximate surface area is 191 Å². The van der Waals surface area contributed by atoms with Crippen LogP contribution in [0.4, 0.5) is 15.9 Å². The molecule has 6 nitrogen and oxygen atoms in total. The molecule has 1 heterocycles. The normalized spacial score (nSPS) is 11.1. The summed E-state index contributed by atoms with van der Waals surface area (Å²) in [5, 5.41) is 9.52. The van der Waals surface area contributed by atoms with Crippen LogP contribution in [-0.2, 0) is 10.0 Å². The lowest BCUT2D eigenvalue weighted by molar-refractivity contribution is 0.601. The maximum Gasteiger partial charge on any atom is 0.261 e. The number of hydrogen-bond acceptors (Lipinski definition) is 5. The van der Waals surface area contributed by atoms with Gasteiger partial charge in [-0.25, -0.2) is 17.8 Å². The van der Waals surface area contributed by atoms with E-state index in [1.807, 2.05) is 13.0 Å². The van der Waals surface area contributed by atoms with Crippen LogP contribution in [0.1, 0.15) is 11.1 Å². The summed E-state index contributed by atoms with van der Waals surface area (Å²) in [7, 11) is -3.73. The number of nitriles is 1. The second-order valence-corrected chi connectivity index (χ2v) is 9.12. The van der Waals surface area contributed by atoms with Gasteiger partial charge in [0.2, 0.25) is 0 Å². The van der Waals surface area contributed by atoms with Gasteiger partial charge < -0.3 is 5.73 Å².